The molecule has 0 bridgehead atoms. The van der Waals surface area contributed by atoms with Crippen molar-refractivity contribution >= 4 is 11.7 Å². The summed E-state index contributed by atoms with van der Waals surface area (Å²) in [4.78, 5) is 28.5. The molecule has 0 aliphatic heterocycles. The van der Waals surface area contributed by atoms with Gasteiger partial charge in [0.25, 0.3) is 5.91 Å². The molecule has 1 heterocycles. The number of nitrogens with zero attached hydrogens (tertiary/aromatic N) is 1. The van der Waals surface area contributed by atoms with Crippen molar-refractivity contribution in [3.63, 3.8) is 0 Å². The lowest BCUT2D eigenvalue weighted by molar-refractivity contribution is 0.0767. The zero-order valence-corrected chi connectivity index (χ0v) is 15.2. The van der Waals surface area contributed by atoms with Crippen molar-refractivity contribution in [2.24, 2.45) is 0 Å². The molecule has 26 heavy (non-hydrogen) atoms. The molecular weight excluding hydrogens is 328 g/mol. The third-order valence-electron chi connectivity index (χ3n) is 4.95. The van der Waals surface area contributed by atoms with Gasteiger partial charge in [-0.15, -0.1) is 0 Å². The number of methoxy groups -OCH3 is 1. The Balaban J connectivity index is 1.80. The van der Waals surface area contributed by atoms with Gasteiger partial charge in [0.2, 0.25) is 0 Å². The first kappa shape index (κ1) is 18.3. The van der Waals surface area contributed by atoms with Crippen LogP contribution in [-0.4, -0.2) is 35.9 Å². The van der Waals surface area contributed by atoms with Crippen LogP contribution in [0.5, 0.6) is 0 Å². The van der Waals surface area contributed by atoms with E-state index in [1.54, 1.807) is 31.5 Å². The number of carbonyl (C=O) groups is 2. The van der Waals surface area contributed by atoms with E-state index in [2.05, 4.69) is 10.3 Å². The van der Waals surface area contributed by atoms with Crippen molar-refractivity contribution < 1.29 is 14.3 Å². The van der Waals surface area contributed by atoms with Crippen LogP contribution in [0.4, 0.5) is 0 Å². The van der Waals surface area contributed by atoms with Crippen LogP contribution in [0.1, 0.15) is 53.3 Å². The van der Waals surface area contributed by atoms with Gasteiger partial charge in [0.1, 0.15) is 0 Å². The minimum absolute atomic E-state index is 0.0165. The standard InChI is InChI=1S/C21H24N2O3/c1-15(24)18-8-9-19(22-13-18)16-6-5-7-17(12-16)20(25)23-21(14-26-2)10-3-4-11-21/h5-9,12-13H,3-4,10-11,14H2,1-2H3,(H,23,25). The second-order valence-electron chi connectivity index (χ2n) is 6.94. The summed E-state index contributed by atoms with van der Waals surface area (Å²) in [5.41, 5.74) is 2.49. The molecule has 1 aromatic heterocycles. The predicted octanol–water partition coefficient (Wildman–Crippen LogP) is 3.64. The summed E-state index contributed by atoms with van der Waals surface area (Å²) >= 11 is 0. The molecule has 0 unspecified atom stereocenters. The molecule has 1 saturated carbocycles. The average Bonchev–Trinajstić information content (AvgIpc) is 3.10. The topological polar surface area (TPSA) is 68.3 Å². The normalized spacial score (nSPS) is 15.6. The van der Waals surface area contributed by atoms with E-state index in [1.165, 1.54) is 6.92 Å². The number of ketones is 1. The molecular formula is C21H24N2O3. The first-order valence-electron chi connectivity index (χ1n) is 8.92. The van der Waals surface area contributed by atoms with Crippen LogP contribution in [0.2, 0.25) is 0 Å². The van der Waals surface area contributed by atoms with Gasteiger partial charge in [0.05, 0.1) is 17.8 Å². The Hall–Kier alpha value is -2.53. The highest BCUT2D eigenvalue weighted by molar-refractivity contribution is 5.96. The van der Waals surface area contributed by atoms with E-state index < -0.39 is 0 Å². The van der Waals surface area contributed by atoms with Gasteiger partial charge in [-0.3, -0.25) is 14.6 Å². The zero-order valence-electron chi connectivity index (χ0n) is 15.2. The van der Waals surface area contributed by atoms with Crippen molar-refractivity contribution in [2.75, 3.05) is 13.7 Å². The number of carbonyl (C=O) groups excluding carboxylic acids is 2. The number of nitrogens with one attached hydrogen (secondary N) is 1. The molecule has 1 aromatic carbocycles. The Morgan fingerprint density at radius 2 is 1.92 bits per heavy atom. The largest absolute Gasteiger partial charge is 0.382 e. The van der Waals surface area contributed by atoms with Gasteiger partial charge < -0.3 is 10.1 Å². The molecule has 3 rings (SSSR count). The van der Waals surface area contributed by atoms with Gasteiger partial charge >= 0.3 is 0 Å². The lowest BCUT2D eigenvalue weighted by Gasteiger charge is -2.29. The van der Waals surface area contributed by atoms with Crippen LogP contribution in [0.25, 0.3) is 11.3 Å². The van der Waals surface area contributed by atoms with Gasteiger partial charge in [0.15, 0.2) is 5.78 Å². The summed E-state index contributed by atoms with van der Waals surface area (Å²) in [5, 5.41) is 3.18. The molecule has 1 amide bonds. The van der Waals surface area contributed by atoms with Crippen molar-refractivity contribution in [3.8, 4) is 11.3 Å². The highest BCUT2D eigenvalue weighted by Crippen LogP contribution is 2.30. The van der Waals surface area contributed by atoms with Crippen molar-refractivity contribution in [3.05, 3.63) is 53.7 Å². The first-order chi connectivity index (χ1) is 12.5. The van der Waals surface area contributed by atoms with Crippen LogP contribution < -0.4 is 5.32 Å². The van der Waals surface area contributed by atoms with E-state index in [0.29, 0.717) is 17.7 Å². The van der Waals surface area contributed by atoms with Crippen LogP contribution in [0, 0.1) is 0 Å². The lowest BCUT2D eigenvalue weighted by Crippen LogP contribution is -2.49. The summed E-state index contributed by atoms with van der Waals surface area (Å²) in [6.07, 6.45) is 5.67. The molecule has 5 nitrogen and oxygen atoms in total. The molecule has 0 saturated heterocycles. The SMILES string of the molecule is COCC1(NC(=O)c2cccc(-c3ccc(C(C)=O)cn3)c2)CCCC1. The third kappa shape index (κ3) is 3.99. The highest BCUT2D eigenvalue weighted by Gasteiger charge is 2.35. The quantitative estimate of drug-likeness (QED) is 0.806. The van der Waals surface area contributed by atoms with E-state index in [1.807, 2.05) is 18.2 Å². The Morgan fingerprint density at radius 3 is 2.54 bits per heavy atom. The lowest BCUT2D eigenvalue weighted by atomic mass is 9.97. The fourth-order valence-corrected chi connectivity index (χ4v) is 3.54. The molecule has 136 valence electrons. The van der Waals surface area contributed by atoms with Gasteiger partial charge in [-0.2, -0.15) is 0 Å². The number of Topliss-reactive ketones (excluding diaryl/α,β-unsaturated/α-hetero) is 1. The molecule has 1 N–H and O–H groups in total. The third-order valence-corrected chi connectivity index (χ3v) is 4.95. The fourth-order valence-electron chi connectivity index (χ4n) is 3.54. The molecule has 1 aliphatic rings. The summed E-state index contributed by atoms with van der Waals surface area (Å²) in [6.45, 7) is 2.05. The van der Waals surface area contributed by atoms with Crippen LogP contribution in [0.3, 0.4) is 0 Å². The van der Waals surface area contributed by atoms with Crippen LogP contribution in [0.15, 0.2) is 42.6 Å². The zero-order chi connectivity index (χ0) is 18.6. The Labute approximate surface area is 153 Å². The number of aromatic nitrogens is 1. The van der Waals surface area contributed by atoms with Gasteiger partial charge in [-0.05, 0) is 44.0 Å². The molecule has 0 radical (unpaired) electrons. The molecule has 1 aliphatic carbocycles. The maximum atomic E-state index is 12.8. The van der Waals surface area contributed by atoms with Gasteiger partial charge in [-0.1, -0.05) is 25.0 Å². The molecule has 2 aromatic rings. The van der Waals surface area contributed by atoms with Gasteiger partial charge in [-0.25, -0.2) is 0 Å². The summed E-state index contributed by atoms with van der Waals surface area (Å²) in [6, 6.07) is 11.0. The number of rotatable bonds is 6. The van der Waals surface area contributed by atoms with E-state index in [4.69, 9.17) is 4.74 Å². The van der Waals surface area contributed by atoms with Crippen molar-refractivity contribution in [1.29, 1.82) is 0 Å². The molecule has 0 spiro atoms. The van der Waals surface area contributed by atoms with E-state index in [0.717, 1.165) is 36.9 Å². The fraction of sp³-hybridized carbons (Fsp3) is 0.381. The molecule has 5 heteroatoms. The van der Waals surface area contributed by atoms with E-state index in [-0.39, 0.29) is 17.2 Å². The Bertz CT molecular complexity index is 793. The Kier molecular flexibility index (Phi) is 5.47. The number of pyridine rings is 1. The average molecular weight is 352 g/mol. The smallest absolute Gasteiger partial charge is 0.251 e. The summed E-state index contributed by atoms with van der Waals surface area (Å²) < 4.78 is 5.34. The minimum Gasteiger partial charge on any atom is -0.382 e. The second kappa shape index (κ2) is 7.79. The summed E-state index contributed by atoms with van der Waals surface area (Å²) in [7, 11) is 1.67. The van der Waals surface area contributed by atoms with Crippen molar-refractivity contribution in [2.45, 2.75) is 38.1 Å². The highest BCUT2D eigenvalue weighted by atomic mass is 16.5. The maximum Gasteiger partial charge on any atom is 0.251 e. The van der Waals surface area contributed by atoms with Crippen LogP contribution >= 0.6 is 0 Å². The Morgan fingerprint density at radius 1 is 1.15 bits per heavy atom. The first-order valence-corrected chi connectivity index (χ1v) is 8.92. The van der Waals surface area contributed by atoms with E-state index in [9.17, 15) is 9.59 Å². The van der Waals surface area contributed by atoms with Gasteiger partial charge in [0, 0.05) is 30.0 Å². The number of benzene rings is 1. The maximum absolute atomic E-state index is 12.8. The molecule has 1 fully saturated rings. The number of hydrogen-bond acceptors (Lipinski definition) is 4. The van der Waals surface area contributed by atoms with Crippen LogP contribution in [-0.2, 0) is 4.74 Å². The van der Waals surface area contributed by atoms with Crippen molar-refractivity contribution in [1.82, 2.24) is 10.3 Å². The summed E-state index contributed by atoms with van der Waals surface area (Å²) in [5.74, 6) is -0.108. The second-order valence-corrected chi connectivity index (χ2v) is 6.94. The number of ether oxygens (including phenoxy) is 1. The monoisotopic (exact) mass is 352 g/mol. The predicted molar refractivity (Wildman–Crippen MR) is 100 cm³/mol. The number of hydrogen-bond donors (Lipinski definition) is 1. The van der Waals surface area contributed by atoms with E-state index >= 15 is 0 Å². The minimum atomic E-state index is -0.261. The molecule has 0 atom stereocenters. The number of amides is 1.